The first kappa shape index (κ1) is 21.5. The second kappa shape index (κ2) is 9.59. The van der Waals surface area contributed by atoms with Crippen molar-refractivity contribution in [1.82, 2.24) is 14.8 Å². The number of hydrogen-bond acceptors (Lipinski definition) is 7. The topological polar surface area (TPSA) is 79.8 Å². The van der Waals surface area contributed by atoms with Crippen molar-refractivity contribution in [2.45, 2.75) is 0 Å². The molecule has 7 nitrogen and oxygen atoms in total. The van der Waals surface area contributed by atoms with Crippen molar-refractivity contribution in [2.75, 3.05) is 32.8 Å². The van der Waals surface area contributed by atoms with E-state index in [0.717, 1.165) is 5.56 Å². The number of amides is 2. The van der Waals surface area contributed by atoms with Crippen LogP contribution < -0.4 is 0 Å². The van der Waals surface area contributed by atoms with E-state index in [-0.39, 0.29) is 24.1 Å². The van der Waals surface area contributed by atoms with Gasteiger partial charge in [0.05, 0.1) is 4.88 Å². The summed E-state index contributed by atoms with van der Waals surface area (Å²) in [5.41, 5.74) is 1.01. The molecule has 1 saturated heterocycles. The molecule has 0 aliphatic carbocycles. The molecule has 160 valence electrons. The van der Waals surface area contributed by atoms with Crippen LogP contribution in [0.5, 0.6) is 0 Å². The molecule has 3 aromatic rings. The maximum atomic E-state index is 12.4. The highest BCUT2D eigenvalue weighted by Gasteiger charge is 2.26. The number of thiophene rings is 1. The molecule has 1 aliphatic rings. The normalized spacial score (nSPS) is 13.8. The number of esters is 1. The Morgan fingerprint density at radius 3 is 2.39 bits per heavy atom. The number of nitrogens with zero attached hydrogens (tertiary/aromatic N) is 3. The number of hydrogen-bond donors (Lipinski definition) is 0. The Balaban J connectivity index is 1.26. The third-order valence-corrected chi connectivity index (χ3v) is 6.78. The lowest BCUT2D eigenvalue weighted by molar-refractivity contribution is -0.136. The molecule has 1 fully saturated rings. The molecule has 4 rings (SSSR count). The molecule has 0 N–H and O–H groups in total. The maximum Gasteiger partial charge on any atom is 0.358 e. The van der Waals surface area contributed by atoms with Gasteiger partial charge in [-0.15, -0.1) is 22.7 Å². The molecule has 31 heavy (non-hydrogen) atoms. The van der Waals surface area contributed by atoms with Gasteiger partial charge < -0.3 is 14.5 Å². The average Bonchev–Trinajstić information content (AvgIpc) is 3.50. The molecular weight excluding hydrogens is 458 g/mol. The lowest BCUT2D eigenvalue weighted by atomic mass is 10.2. The van der Waals surface area contributed by atoms with Gasteiger partial charge in [-0.3, -0.25) is 9.59 Å². The van der Waals surface area contributed by atoms with Crippen LogP contribution in [0.3, 0.4) is 0 Å². The number of thiazole rings is 1. The molecule has 1 aliphatic heterocycles. The van der Waals surface area contributed by atoms with Crippen LogP contribution in [0.2, 0.25) is 5.02 Å². The summed E-state index contributed by atoms with van der Waals surface area (Å²) in [6.45, 7) is 1.36. The molecule has 3 heterocycles. The summed E-state index contributed by atoms with van der Waals surface area (Å²) in [7, 11) is 0. The minimum absolute atomic E-state index is 0.0199. The van der Waals surface area contributed by atoms with Crippen molar-refractivity contribution < 1.29 is 19.1 Å². The van der Waals surface area contributed by atoms with Gasteiger partial charge in [-0.05, 0) is 23.6 Å². The molecule has 0 atom stereocenters. The third-order valence-electron chi connectivity index (χ3n) is 4.78. The number of halogens is 1. The van der Waals surface area contributed by atoms with Crippen LogP contribution >= 0.6 is 34.3 Å². The Morgan fingerprint density at radius 1 is 1.00 bits per heavy atom. The van der Waals surface area contributed by atoms with Crippen molar-refractivity contribution >= 4 is 52.1 Å². The van der Waals surface area contributed by atoms with Crippen molar-refractivity contribution in [3.63, 3.8) is 0 Å². The van der Waals surface area contributed by atoms with Gasteiger partial charge in [-0.25, -0.2) is 9.78 Å². The first-order valence-corrected chi connectivity index (χ1v) is 11.6. The molecule has 1 aromatic carbocycles. The van der Waals surface area contributed by atoms with Gasteiger partial charge in [0.25, 0.3) is 11.8 Å². The molecule has 0 saturated carbocycles. The summed E-state index contributed by atoms with van der Waals surface area (Å²) in [4.78, 5) is 45.4. The zero-order chi connectivity index (χ0) is 21.8. The van der Waals surface area contributed by atoms with E-state index in [1.165, 1.54) is 22.7 Å². The molecule has 10 heteroatoms. The summed E-state index contributed by atoms with van der Waals surface area (Å²) in [5, 5.41) is 4.75. The quantitative estimate of drug-likeness (QED) is 0.526. The zero-order valence-corrected chi connectivity index (χ0v) is 18.7. The molecule has 0 radical (unpaired) electrons. The van der Waals surface area contributed by atoms with E-state index in [9.17, 15) is 14.4 Å². The van der Waals surface area contributed by atoms with Gasteiger partial charge >= 0.3 is 5.97 Å². The number of piperazine rings is 1. The van der Waals surface area contributed by atoms with Crippen molar-refractivity contribution in [3.8, 4) is 10.6 Å². The zero-order valence-electron chi connectivity index (χ0n) is 16.3. The average molecular weight is 476 g/mol. The van der Waals surface area contributed by atoms with Crippen molar-refractivity contribution in [1.29, 1.82) is 0 Å². The standard InChI is InChI=1S/C21H18ClN3O4S2/c22-15-5-3-14(4-6-15)19-23-16(13-31-19)21(28)29-12-18(26)24-7-9-25(10-8-24)20(27)17-2-1-11-30-17/h1-6,11,13H,7-10,12H2. The number of rotatable bonds is 5. The molecule has 2 amide bonds. The van der Waals surface area contributed by atoms with Gasteiger partial charge in [0.1, 0.15) is 5.01 Å². The SMILES string of the molecule is O=C(OCC(=O)N1CCN(C(=O)c2cccs2)CC1)c1csc(-c2ccc(Cl)cc2)n1. The van der Waals surface area contributed by atoms with E-state index in [2.05, 4.69) is 4.98 Å². The number of carbonyl (C=O) groups is 3. The smallest absolute Gasteiger partial charge is 0.358 e. The summed E-state index contributed by atoms with van der Waals surface area (Å²) < 4.78 is 5.16. The van der Waals surface area contributed by atoms with Crippen LogP contribution in [0.1, 0.15) is 20.2 Å². The minimum Gasteiger partial charge on any atom is -0.451 e. The van der Waals surface area contributed by atoms with Crippen LogP contribution in [0.15, 0.2) is 47.2 Å². The summed E-state index contributed by atoms with van der Waals surface area (Å²) in [6.07, 6.45) is 0. The Morgan fingerprint density at radius 2 is 1.71 bits per heavy atom. The fourth-order valence-electron chi connectivity index (χ4n) is 3.10. The fraction of sp³-hybridized carbons (Fsp3) is 0.238. The lowest BCUT2D eigenvalue weighted by Crippen LogP contribution is -2.51. The van der Waals surface area contributed by atoms with Gasteiger partial charge in [0.2, 0.25) is 0 Å². The number of ether oxygens (including phenoxy) is 1. The summed E-state index contributed by atoms with van der Waals surface area (Å²) in [6, 6.07) is 10.8. The Kier molecular flexibility index (Phi) is 6.64. The second-order valence-electron chi connectivity index (χ2n) is 6.77. The highest BCUT2D eigenvalue weighted by molar-refractivity contribution is 7.13. The van der Waals surface area contributed by atoms with Gasteiger partial charge in [-0.2, -0.15) is 0 Å². The number of benzene rings is 1. The van der Waals surface area contributed by atoms with Crippen molar-refractivity contribution in [3.05, 3.63) is 62.8 Å². The van der Waals surface area contributed by atoms with Crippen LogP contribution in [-0.4, -0.2) is 65.4 Å². The van der Waals surface area contributed by atoms with E-state index >= 15 is 0 Å². The first-order chi connectivity index (χ1) is 15.0. The molecular formula is C21H18ClN3O4S2. The third kappa shape index (κ3) is 5.12. The summed E-state index contributed by atoms with van der Waals surface area (Å²) >= 11 is 8.61. The van der Waals surface area contributed by atoms with E-state index in [4.69, 9.17) is 16.3 Å². The predicted octanol–water partition coefficient (Wildman–Crippen LogP) is 3.67. The van der Waals surface area contributed by atoms with Crippen LogP contribution in [0, 0.1) is 0 Å². The number of aromatic nitrogens is 1. The maximum absolute atomic E-state index is 12.4. The van der Waals surface area contributed by atoms with E-state index < -0.39 is 5.97 Å². The largest absolute Gasteiger partial charge is 0.451 e. The molecule has 2 aromatic heterocycles. The first-order valence-electron chi connectivity index (χ1n) is 9.50. The monoisotopic (exact) mass is 475 g/mol. The number of carbonyl (C=O) groups excluding carboxylic acids is 3. The predicted molar refractivity (Wildman–Crippen MR) is 120 cm³/mol. The highest BCUT2D eigenvalue weighted by atomic mass is 35.5. The molecule has 0 spiro atoms. The van der Waals surface area contributed by atoms with Crippen LogP contribution in [-0.2, 0) is 9.53 Å². The Hall–Kier alpha value is -2.75. The van der Waals surface area contributed by atoms with Gasteiger partial charge in [0, 0.05) is 42.1 Å². The molecule has 0 bridgehead atoms. The van der Waals surface area contributed by atoms with Gasteiger partial charge in [-0.1, -0.05) is 29.8 Å². The van der Waals surface area contributed by atoms with Crippen molar-refractivity contribution in [2.24, 2.45) is 0 Å². The van der Waals surface area contributed by atoms with E-state index in [0.29, 0.717) is 41.1 Å². The highest BCUT2D eigenvalue weighted by Crippen LogP contribution is 2.25. The van der Waals surface area contributed by atoms with E-state index in [1.54, 1.807) is 33.4 Å². The lowest BCUT2D eigenvalue weighted by Gasteiger charge is -2.34. The fourth-order valence-corrected chi connectivity index (χ4v) is 4.71. The second-order valence-corrected chi connectivity index (χ2v) is 9.01. The van der Waals surface area contributed by atoms with Crippen LogP contribution in [0.4, 0.5) is 0 Å². The summed E-state index contributed by atoms with van der Waals surface area (Å²) in [5.74, 6) is -0.949. The Labute approximate surface area is 191 Å². The minimum atomic E-state index is -0.642. The molecule has 0 unspecified atom stereocenters. The van der Waals surface area contributed by atoms with Crippen LogP contribution in [0.25, 0.3) is 10.6 Å². The van der Waals surface area contributed by atoms with E-state index in [1.807, 2.05) is 23.6 Å². The van der Waals surface area contributed by atoms with Gasteiger partial charge in [0.15, 0.2) is 12.3 Å². The Bertz CT molecular complexity index is 1070.